The van der Waals surface area contributed by atoms with Crippen molar-refractivity contribution in [2.45, 2.75) is 6.54 Å². The maximum absolute atomic E-state index is 13.5. The Kier molecular flexibility index (Phi) is 5.32. The molecule has 2 aromatic carbocycles. The Balaban J connectivity index is 1.31. The Morgan fingerprint density at radius 3 is 2.50 bits per heavy atom. The van der Waals surface area contributed by atoms with Gasteiger partial charge >= 0.3 is 0 Å². The van der Waals surface area contributed by atoms with Gasteiger partial charge in [-0.25, -0.2) is 4.39 Å². The van der Waals surface area contributed by atoms with E-state index in [2.05, 4.69) is 4.90 Å². The van der Waals surface area contributed by atoms with Crippen molar-refractivity contribution in [2.75, 3.05) is 44.3 Å². The summed E-state index contributed by atoms with van der Waals surface area (Å²) in [5.74, 6) is 1.14. The molecular formula is C24H24FN3O4. The second kappa shape index (κ2) is 8.29. The summed E-state index contributed by atoms with van der Waals surface area (Å²) < 4.78 is 25.0. The van der Waals surface area contributed by atoms with Crippen LogP contribution in [0.25, 0.3) is 11.1 Å². The lowest BCUT2D eigenvalue weighted by Gasteiger charge is -2.48. The minimum Gasteiger partial charge on any atom is -0.632 e. The summed E-state index contributed by atoms with van der Waals surface area (Å²) in [4.78, 5) is 2.16. The fraction of sp³-hybridized carbons (Fsp3) is 0.292. The average Bonchev–Trinajstić information content (AvgIpc) is 2.79. The number of ether oxygens (including phenoxy) is 2. The van der Waals surface area contributed by atoms with Crippen molar-refractivity contribution in [3.8, 4) is 22.6 Å². The third-order valence-corrected chi connectivity index (χ3v) is 5.99. The quantitative estimate of drug-likeness (QED) is 0.356. The second-order valence-corrected chi connectivity index (χ2v) is 8.25. The zero-order valence-electron chi connectivity index (χ0n) is 17.6. The molecule has 0 atom stereocenters. The zero-order valence-corrected chi connectivity index (χ0v) is 17.6. The summed E-state index contributed by atoms with van der Waals surface area (Å²) >= 11 is 0. The number of piperazine rings is 1. The fourth-order valence-electron chi connectivity index (χ4n) is 4.37. The van der Waals surface area contributed by atoms with Gasteiger partial charge in [0.15, 0.2) is 23.9 Å². The molecule has 2 aliphatic rings. The number of rotatable bonds is 4. The Hall–Kier alpha value is -3.36. The first-order valence-electron chi connectivity index (χ1n) is 10.7. The minimum atomic E-state index is -0.407. The van der Waals surface area contributed by atoms with Crippen LogP contribution in [0.1, 0.15) is 5.56 Å². The van der Waals surface area contributed by atoms with E-state index in [1.165, 1.54) is 24.5 Å². The number of pyridine rings is 1. The molecule has 1 fully saturated rings. The van der Waals surface area contributed by atoms with Crippen LogP contribution in [0.4, 0.5) is 10.1 Å². The molecule has 0 spiro atoms. The highest BCUT2D eigenvalue weighted by Crippen LogP contribution is 2.40. The van der Waals surface area contributed by atoms with E-state index in [0.29, 0.717) is 55.3 Å². The van der Waals surface area contributed by atoms with Gasteiger partial charge in [0, 0.05) is 5.56 Å². The normalized spacial score (nSPS) is 17.2. The van der Waals surface area contributed by atoms with Crippen LogP contribution in [0.5, 0.6) is 11.5 Å². The van der Waals surface area contributed by atoms with Crippen LogP contribution in [0, 0.1) is 16.2 Å². The van der Waals surface area contributed by atoms with Gasteiger partial charge in [-0.3, -0.25) is 0 Å². The minimum absolute atomic E-state index is 0.206. The van der Waals surface area contributed by atoms with Crippen LogP contribution in [-0.4, -0.2) is 44.0 Å². The molecule has 0 aliphatic carbocycles. The van der Waals surface area contributed by atoms with Crippen molar-refractivity contribution < 1.29 is 23.2 Å². The van der Waals surface area contributed by atoms with Crippen molar-refractivity contribution in [3.05, 3.63) is 82.7 Å². The molecule has 0 saturated carbocycles. The molecule has 0 unspecified atom stereocenters. The first-order valence-corrected chi connectivity index (χ1v) is 10.7. The summed E-state index contributed by atoms with van der Waals surface area (Å²) in [5.41, 5.74) is 3.01. The molecule has 3 aromatic rings. The number of hydrogen-bond donors (Lipinski definition) is 0. The maximum Gasteiger partial charge on any atom is 0.189 e. The molecule has 8 heteroatoms. The summed E-state index contributed by atoms with van der Waals surface area (Å²) in [5, 5.41) is 25.6. The molecular weight excluding hydrogens is 413 g/mol. The summed E-state index contributed by atoms with van der Waals surface area (Å²) in [6.07, 6.45) is 2.88. The van der Waals surface area contributed by atoms with Crippen molar-refractivity contribution in [1.29, 1.82) is 0 Å². The monoisotopic (exact) mass is 437 g/mol. The van der Waals surface area contributed by atoms with Crippen LogP contribution < -0.4 is 19.1 Å². The van der Waals surface area contributed by atoms with E-state index in [1.807, 2.05) is 24.3 Å². The van der Waals surface area contributed by atoms with Gasteiger partial charge in [-0.1, -0.05) is 18.2 Å². The number of para-hydroxylation sites is 1. The topological polar surface area (TPSA) is 71.7 Å². The lowest BCUT2D eigenvalue weighted by molar-refractivity contribution is -0.894. The number of hydrogen-bond acceptors (Lipinski definition) is 5. The fourth-order valence-corrected chi connectivity index (χ4v) is 4.37. The Morgan fingerprint density at radius 1 is 0.969 bits per heavy atom. The van der Waals surface area contributed by atoms with Gasteiger partial charge in [0.1, 0.15) is 25.6 Å². The zero-order chi connectivity index (χ0) is 22.1. The molecule has 0 bridgehead atoms. The lowest BCUT2D eigenvalue weighted by atomic mass is 10.1. The molecule has 0 N–H and O–H groups in total. The van der Waals surface area contributed by atoms with E-state index in [0.717, 1.165) is 22.7 Å². The van der Waals surface area contributed by atoms with Gasteiger partial charge in [0.2, 0.25) is 0 Å². The van der Waals surface area contributed by atoms with Crippen LogP contribution in [0.2, 0.25) is 0 Å². The number of benzene rings is 2. The van der Waals surface area contributed by atoms with Crippen LogP contribution in [0.3, 0.4) is 0 Å². The SMILES string of the molecule is [O-][n+]1cc(C[N+]2([O-])CCN(c3cccc4c3OCCO4)CC2)cc(-c2ccc(F)cc2)c1. The van der Waals surface area contributed by atoms with E-state index in [-0.39, 0.29) is 12.4 Å². The van der Waals surface area contributed by atoms with Crippen molar-refractivity contribution in [2.24, 2.45) is 0 Å². The van der Waals surface area contributed by atoms with Gasteiger partial charge in [0.25, 0.3) is 0 Å². The lowest BCUT2D eigenvalue weighted by Crippen LogP contribution is -2.55. The first kappa shape index (κ1) is 20.5. The Bertz CT molecular complexity index is 1110. The summed E-state index contributed by atoms with van der Waals surface area (Å²) in [6.45, 7) is 3.20. The molecule has 2 aliphatic heterocycles. The first-order chi connectivity index (χ1) is 15.5. The van der Waals surface area contributed by atoms with Crippen molar-refractivity contribution in [1.82, 2.24) is 0 Å². The van der Waals surface area contributed by atoms with E-state index < -0.39 is 4.65 Å². The Morgan fingerprint density at radius 2 is 1.72 bits per heavy atom. The number of quaternary nitrogens is 1. The number of fused-ring (bicyclic) bond motifs is 1. The molecule has 1 aromatic heterocycles. The summed E-state index contributed by atoms with van der Waals surface area (Å²) in [6, 6.07) is 13.6. The van der Waals surface area contributed by atoms with Crippen LogP contribution in [0.15, 0.2) is 60.9 Å². The maximum atomic E-state index is 13.5. The van der Waals surface area contributed by atoms with E-state index >= 15 is 0 Å². The van der Waals surface area contributed by atoms with Gasteiger partial charge < -0.3 is 29.4 Å². The molecule has 1 saturated heterocycles. The van der Waals surface area contributed by atoms with Crippen LogP contribution in [-0.2, 0) is 6.54 Å². The molecule has 32 heavy (non-hydrogen) atoms. The third-order valence-electron chi connectivity index (χ3n) is 5.99. The highest BCUT2D eigenvalue weighted by atomic mass is 19.1. The largest absolute Gasteiger partial charge is 0.632 e. The Labute approximate surface area is 185 Å². The molecule has 0 amide bonds. The van der Waals surface area contributed by atoms with Gasteiger partial charge in [-0.15, -0.1) is 0 Å². The molecule has 166 valence electrons. The van der Waals surface area contributed by atoms with E-state index in [1.54, 1.807) is 12.1 Å². The smallest absolute Gasteiger partial charge is 0.189 e. The second-order valence-electron chi connectivity index (χ2n) is 8.25. The van der Waals surface area contributed by atoms with Crippen LogP contribution >= 0.6 is 0 Å². The molecule has 3 heterocycles. The predicted octanol–water partition coefficient (Wildman–Crippen LogP) is 3.23. The molecule has 0 radical (unpaired) electrons. The van der Waals surface area contributed by atoms with E-state index in [4.69, 9.17) is 9.47 Å². The molecule has 7 nitrogen and oxygen atoms in total. The number of aromatic nitrogens is 1. The number of anilines is 1. The highest BCUT2D eigenvalue weighted by molar-refractivity contribution is 5.65. The van der Waals surface area contributed by atoms with Gasteiger partial charge in [0.05, 0.1) is 37.4 Å². The van der Waals surface area contributed by atoms with Crippen molar-refractivity contribution in [3.63, 3.8) is 0 Å². The number of hydroxylamine groups is 3. The average molecular weight is 437 g/mol. The summed E-state index contributed by atoms with van der Waals surface area (Å²) in [7, 11) is 0. The third kappa shape index (κ3) is 4.19. The van der Waals surface area contributed by atoms with E-state index in [9.17, 15) is 14.8 Å². The predicted molar refractivity (Wildman–Crippen MR) is 118 cm³/mol. The number of halogens is 1. The highest BCUT2D eigenvalue weighted by Gasteiger charge is 2.29. The number of nitrogens with zero attached hydrogens (tertiary/aromatic N) is 3. The molecule has 5 rings (SSSR count). The van der Waals surface area contributed by atoms with Gasteiger partial charge in [-0.05, 0) is 35.9 Å². The standard InChI is InChI=1S/C24H24FN3O4/c25-21-6-4-19(5-7-21)20-14-18(15-27(29)16-20)17-28(30)10-8-26(9-11-28)22-2-1-3-23-24(22)32-13-12-31-23/h1-7,14-16H,8-13,17H2. The van der Waals surface area contributed by atoms with Gasteiger partial charge in [-0.2, -0.15) is 4.73 Å². The van der Waals surface area contributed by atoms with Crippen molar-refractivity contribution >= 4 is 5.69 Å².